The lowest BCUT2D eigenvalue weighted by molar-refractivity contribution is 0.357. The number of allylic oxidation sites excluding steroid dienone is 2. The lowest BCUT2D eigenvalue weighted by Crippen LogP contribution is -2.03. The van der Waals surface area contributed by atoms with E-state index in [4.69, 9.17) is 4.74 Å². The molecule has 1 aromatic heterocycles. The van der Waals surface area contributed by atoms with Crippen molar-refractivity contribution < 1.29 is 4.74 Å². The summed E-state index contributed by atoms with van der Waals surface area (Å²) in [5.74, 6) is 1.43. The first-order valence-electron chi connectivity index (χ1n) is 7.25. The highest BCUT2D eigenvalue weighted by atomic mass is 32.1. The fourth-order valence-corrected chi connectivity index (χ4v) is 4.25. The fourth-order valence-electron chi connectivity index (χ4n) is 3.57. The van der Waals surface area contributed by atoms with Crippen LogP contribution in [0.3, 0.4) is 0 Å². The van der Waals surface area contributed by atoms with Gasteiger partial charge in [-0.15, -0.1) is 0 Å². The molecule has 3 heteroatoms. The third-order valence-electron chi connectivity index (χ3n) is 4.44. The minimum absolute atomic E-state index is 0.418. The lowest BCUT2D eigenvalue weighted by atomic mass is 9.91. The first kappa shape index (κ1) is 12.7. The zero-order valence-electron chi connectivity index (χ0n) is 11.6. The number of hydrogen-bond acceptors (Lipinski definition) is 3. The summed E-state index contributed by atoms with van der Waals surface area (Å²) >= 11 is 1.74. The molecule has 2 heterocycles. The van der Waals surface area contributed by atoms with Gasteiger partial charge >= 0.3 is 0 Å². The molecule has 2 aliphatic rings. The molecule has 104 valence electrons. The van der Waals surface area contributed by atoms with E-state index in [1.165, 1.54) is 27.8 Å². The number of ether oxygens (including phenoxy) is 1. The number of nitriles is 1. The summed E-state index contributed by atoms with van der Waals surface area (Å²) in [5, 5.41) is 13.5. The molecule has 1 aromatic carbocycles. The summed E-state index contributed by atoms with van der Waals surface area (Å²) in [6, 6.07) is 8.71. The van der Waals surface area contributed by atoms with Gasteiger partial charge in [-0.3, -0.25) is 0 Å². The Labute approximate surface area is 128 Å². The second kappa shape index (κ2) is 5.05. The Morgan fingerprint density at radius 2 is 2.33 bits per heavy atom. The Morgan fingerprint density at radius 1 is 1.38 bits per heavy atom. The molecule has 4 rings (SSSR count). The van der Waals surface area contributed by atoms with Crippen molar-refractivity contribution in [2.45, 2.75) is 19.3 Å². The smallest absolute Gasteiger partial charge is 0.123 e. The van der Waals surface area contributed by atoms with Crippen molar-refractivity contribution in [2.75, 3.05) is 6.61 Å². The zero-order valence-corrected chi connectivity index (χ0v) is 12.5. The lowest BCUT2D eigenvalue weighted by Gasteiger charge is -2.11. The summed E-state index contributed by atoms with van der Waals surface area (Å²) in [7, 11) is 0. The van der Waals surface area contributed by atoms with Crippen LogP contribution >= 0.6 is 11.3 Å². The largest absolute Gasteiger partial charge is 0.493 e. The van der Waals surface area contributed by atoms with Gasteiger partial charge in [0.15, 0.2) is 0 Å². The molecular weight excluding hydrogens is 278 g/mol. The second-order valence-corrected chi connectivity index (χ2v) is 6.42. The molecular formula is C18H15NOS. The van der Waals surface area contributed by atoms with Gasteiger partial charge in [-0.05, 0) is 63.9 Å². The minimum Gasteiger partial charge on any atom is -0.493 e. The predicted molar refractivity (Wildman–Crippen MR) is 84.4 cm³/mol. The highest BCUT2D eigenvalue weighted by molar-refractivity contribution is 7.07. The third-order valence-corrected chi connectivity index (χ3v) is 5.17. The van der Waals surface area contributed by atoms with E-state index < -0.39 is 0 Å². The Balaban J connectivity index is 1.77. The van der Waals surface area contributed by atoms with Gasteiger partial charge < -0.3 is 4.74 Å². The van der Waals surface area contributed by atoms with Gasteiger partial charge in [-0.25, -0.2) is 0 Å². The molecule has 0 bridgehead atoms. The second-order valence-electron chi connectivity index (χ2n) is 5.64. The molecule has 1 aliphatic heterocycles. The van der Waals surface area contributed by atoms with Gasteiger partial charge in [-0.1, -0.05) is 6.07 Å². The monoisotopic (exact) mass is 293 g/mol. The molecule has 1 unspecified atom stereocenters. The number of fused-ring (bicyclic) bond motifs is 3. The number of rotatable bonds is 2. The van der Waals surface area contributed by atoms with Gasteiger partial charge in [0.05, 0.1) is 12.7 Å². The Hall–Kier alpha value is -2.05. The van der Waals surface area contributed by atoms with E-state index in [9.17, 15) is 5.26 Å². The van der Waals surface area contributed by atoms with Crippen LogP contribution < -0.4 is 4.74 Å². The molecule has 0 amide bonds. The first-order chi connectivity index (χ1) is 10.4. The summed E-state index contributed by atoms with van der Waals surface area (Å²) in [6.45, 7) is 0.765. The van der Waals surface area contributed by atoms with E-state index in [1.54, 1.807) is 17.4 Å². The molecule has 21 heavy (non-hydrogen) atoms. The quantitative estimate of drug-likeness (QED) is 0.784. The number of nitrogens with zero attached hydrogens (tertiary/aromatic N) is 1. The van der Waals surface area contributed by atoms with Gasteiger partial charge in [0.25, 0.3) is 0 Å². The maximum absolute atomic E-state index is 9.19. The topological polar surface area (TPSA) is 33.0 Å². The normalized spacial score (nSPS) is 20.9. The Bertz CT molecular complexity index is 752. The van der Waals surface area contributed by atoms with Gasteiger partial charge in [0, 0.05) is 18.1 Å². The molecule has 0 saturated carbocycles. The Morgan fingerprint density at radius 3 is 3.14 bits per heavy atom. The van der Waals surface area contributed by atoms with Crippen LogP contribution in [0.1, 0.15) is 22.3 Å². The summed E-state index contributed by atoms with van der Waals surface area (Å²) in [6.07, 6.45) is 4.77. The fraction of sp³-hybridized carbons (Fsp3) is 0.278. The van der Waals surface area contributed by atoms with Crippen molar-refractivity contribution in [2.24, 2.45) is 5.92 Å². The minimum atomic E-state index is 0.418. The van der Waals surface area contributed by atoms with E-state index in [2.05, 4.69) is 35.0 Å². The molecule has 0 N–H and O–H groups in total. The van der Waals surface area contributed by atoms with E-state index >= 15 is 0 Å². The Kier molecular flexibility index (Phi) is 3.05. The van der Waals surface area contributed by atoms with E-state index in [0.29, 0.717) is 5.92 Å². The van der Waals surface area contributed by atoms with Crippen LogP contribution in [-0.4, -0.2) is 6.61 Å². The van der Waals surface area contributed by atoms with Gasteiger partial charge in [0.2, 0.25) is 0 Å². The van der Waals surface area contributed by atoms with Gasteiger partial charge in [0.1, 0.15) is 5.75 Å². The standard InChI is InChI=1S/C18H15NOS/c19-6-3-15-14(9-12-5-8-21-11-12)10-13-1-2-17-16(18(13)15)4-7-20-17/h1-3,5,8,11,14H,4,7,9-10H2/b15-3+. The number of benzene rings is 1. The van der Waals surface area contributed by atoms with Crippen molar-refractivity contribution in [3.8, 4) is 11.8 Å². The van der Waals surface area contributed by atoms with Crippen LogP contribution in [0, 0.1) is 17.2 Å². The van der Waals surface area contributed by atoms with E-state index in [0.717, 1.165) is 31.6 Å². The van der Waals surface area contributed by atoms with Crippen LogP contribution in [0.2, 0.25) is 0 Å². The van der Waals surface area contributed by atoms with Crippen molar-refractivity contribution in [1.29, 1.82) is 5.26 Å². The van der Waals surface area contributed by atoms with Gasteiger partial charge in [-0.2, -0.15) is 16.6 Å². The van der Waals surface area contributed by atoms with Crippen LogP contribution in [0.15, 0.2) is 35.0 Å². The maximum Gasteiger partial charge on any atom is 0.123 e. The maximum atomic E-state index is 9.19. The highest BCUT2D eigenvalue weighted by Crippen LogP contribution is 2.45. The number of thiophene rings is 1. The summed E-state index contributed by atoms with van der Waals surface area (Å²) in [4.78, 5) is 0. The average Bonchev–Trinajstić information content (AvgIpc) is 3.19. The van der Waals surface area contributed by atoms with Crippen LogP contribution in [0.5, 0.6) is 5.75 Å². The van der Waals surface area contributed by atoms with Crippen molar-refractivity contribution in [1.82, 2.24) is 0 Å². The molecule has 0 fully saturated rings. The number of hydrogen-bond donors (Lipinski definition) is 0. The highest BCUT2D eigenvalue weighted by Gasteiger charge is 2.32. The molecule has 1 aliphatic carbocycles. The first-order valence-corrected chi connectivity index (χ1v) is 8.20. The third kappa shape index (κ3) is 2.07. The van der Waals surface area contributed by atoms with Crippen LogP contribution in [0.4, 0.5) is 0 Å². The van der Waals surface area contributed by atoms with Crippen molar-refractivity contribution in [3.05, 3.63) is 57.3 Å². The average molecular weight is 293 g/mol. The molecule has 0 radical (unpaired) electrons. The SMILES string of the molecule is N#C/C=C1/c2c(ccc3c2CCO3)CC1Cc1ccsc1. The summed E-state index contributed by atoms with van der Waals surface area (Å²) < 4.78 is 5.68. The molecule has 0 spiro atoms. The summed E-state index contributed by atoms with van der Waals surface area (Å²) in [5.41, 5.74) is 6.56. The van der Waals surface area contributed by atoms with Crippen LogP contribution in [0.25, 0.3) is 5.57 Å². The molecule has 1 atom stereocenters. The zero-order chi connectivity index (χ0) is 14.2. The molecule has 2 nitrogen and oxygen atoms in total. The van der Waals surface area contributed by atoms with Crippen molar-refractivity contribution >= 4 is 16.9 Å². The van der Waals surface area contributed by atoms with Crippen molar-refractivity contribution in [3.63, 3.8) is 0 Å². The molecule has 0 saturated heterocycles. The van der Waals surface area contributed by atoms with Crippen LogP contribution in [-0.2, 0) is 19.3 Å². The van der Waals surface area contributed by atoms with E-state index in [1.807, 2.05) is 0 Å². The van der Waals surface area contributed by atoms with E-state index in [-0.39, 0.29) is 0 Å². The molecule has 2 aromatic rings. The predicted octanol–water partition coefficient (Wildman–Crippen LogP) is 4.00.